The second kappa shape index (κ2) is 6.38. The van der Waals surface area contributed by atoms with Crippen molar-refractivity contribution in [3.8, 4) is 0 Å². The van der Waals surface area contributed by atoms with Crippen LogP contribution in [0.15, 0.2) is 0 Å². The lowest BCUT2D eigenvalue weighted by Gasteiger charge is -2.08. The number of hydrogen-bond donors (Lipinski definition) is 4. The predicted octanol–water partition coefficient (Wildman–Crippen LogP) is -1.15. The summed E-state index contributed by atoms with van der Waals surface area (Å²) in [5.41, 5.74) is 5.40. The molecule has 1 unspecified atom stereocenters. The molecule has 0 rings (SSSR count). The van der Waals surface area contributed by atoms with Gasteiger partial charge in [0.15, 0.2) is 0 Å². The lowest BCUT2D eigenvalue weighted by atomic mass is 10.2. The van der Waals surface area contributed by atoms with E-state index >= 15 is 0 Å². The SMILES string of the molecule is NC(CNCCC(=O)O)CC(=O)O. The minimum Gasteiger partial charge on any atom is -0.481 e. The van der Waals surface area contributed by atoms with Crippen molar-refractivity contribution in [3.05, 3.63) is 0 Å². The summed E-state index contributed by atoms with van der Waals surface area (Å²) in [4.78, 5) is 20.2. The van der Waals surface area contributed by atoms with Gasteiger partial charge in [-0.15, -0.1) is 0 Å². The molecule has 6 nitrogen and oxygen atoms in total. The van der Waals surface area contributed by atoms with E-state index < -0.39 is 18.0 Å². The van der Waals surface area contributed by atoms with Gasteiger partial charge in [-0.2, -0.15) is 0 Å². The van der Waals surface area contributed by atoms with E-state index in [9.17, 15) is 9.59 Å². The fourth-order valence-electron chi connectivity index (χ4n) is 0.779. The minimum absolute atomic E-state index is 0.0137. The first kappa shape index (κ1) is 11.9. The van der Waals surface area contributed by atoms with Gasteiger partial charge in [0, 0.05) is 19.1 Å². The third-order valence-corrected chi connectivity index (χ3v) is 1.36. The molecular weight excluding hydrogens is 176 g/mol. The lowest BCUT2D eigenvalue weighted by Crippen LogP contribution is -2.36. The van der Waals surface area contributed by atoms with Gasteiger partial charge in [0.1, 0.15) is 0 Å². The van der Waals surface area contributed by atoms with Crippen LogP contribution in [0.25, 0.3) is 0 Å². The van der Waals surface area contributed by atoms with Crippen molar-refractivity contribution in [2.45, 2.75) is 18.9 Å². The molecule has 0 fully saturated rings. The van der Waals surface area contributed by atoms with Gasteiger partial charge in [-0.3, -0.25) is 9.59 Å². The van der Waals surface area contributed by atoms with Crippen LogP contribution in [0.2, 0.25) is 0 Å². The van der Waals surface area contributed by atoms with E-state index in [1.807, 2.05) is 0 Å². The van der Waals surface area contributed by atoms with E-state index in [2.05, 4.69) is 5.32 Å². The fraction of sp³-hybridized carbons (Fsp3) is 0.714. The molecule has 76 valence electrons. The van der Waals surface area contributed by atoms with Gasteiger partial charge in [-0.05, 0) is 0 Å². The Bertz CT molecular complexity index is 183. The van der Waals surface area contributed by atoms with Crippen LogP contribution in [0, 0.1) is 0 Å². The maximum atomic E-state index is 10.1. The van der Waals surface area contributed by atoms with Crippen LogP contribution in [-0.2, 0) is 9.59 Å². The summed E-state index contributed by atoms with van der Waals surface area (Å²) in [7, 11) is 0. The number of aliphatic carboxylic acids is 2. The molecule has 0 aliphatic heterocycles. The van der Waals surface area contributed by atoms with Gasteiger partial charge >= 0.3 is 11.9 Å². The van der Waals surface area contributed by atoms with E-state index in [0.717, 1.165) is 0 Å². The maximum absolute atomic E-state index is 10.1. The van der Waals surface area contributed by atoms with Gasteiger partial charge in [-0.25, -0.2) is 0 Å². The van der Waals surface area contributed by atoms with Crippen LogP contribution >= 0.6 is 0 Å². The first-order chi connectivity index (χ1) is 6.02. The van der Waals surface area contributed by atoms with Crippen LogP contribution in [0.4, 0.5) is 0 Å². The molecule has 5 N–H and O–H groups in total. The number of hydrogen-bond acceptors (Lipinski definition) is 4. The zero-order valence-electron chi connectivity index (χ0n) is 7.19. The third kappa shape index (κ3) is 8.77. The smallest absolute Gasteiger partial charge is 0.304 e. The largest absolute Gasteiger partial charge is 0.481 e. The Morgan fingerprint density at radius 1 is 1.31 bits per heavy atom. The highest BCUT2D eigenvalue weighted by Crippen LogP contribution is 1.86. The molecule has 0 spiro atoms. The molecule has 0 aromatic carbocycles. The van der Waals surface area contributed by atoms with E-state index in [4.69, 9.17) is 15.9 Å². The molecule has 13 heavy (non-hydrogen) atoms. The van der Waals surface area contributed by atoms with Crippen molar-refractivity contribution in [1.29, 1.82) is 0 Å². The molecule has 0 saturated carbocycles. The Kier molecular flexibility index (Phi) is 5.82. The zero-order valence-corrected chi connectivity index (χ0v) is 7.19. The summed E-state index contributed by atoms with van der Waals surface area (Å²) < 4.78 is 0. The zero-order chi connectivity index (χ0) is 10.3. The standard InChI is InChI=1S/C7H14N2O4/c8-5(3-7(12)13)4-9-2-1-6(10)11/h5,9H,1-4,8H2,(H,10,11)(H,12,13). The number of carboxylic acid groups (broad SMARTS) is 2. The summed E-state index contributed by atoms with van der Waals surface area (Å²) >= 11 is 0. The Labute approximate surface area is 75.7 Å². The van der Waals surface area contributed by atoms with E-state index in [1.54, 1.807) is 0 Å². The second-order valence-corrected chi connectivity index (χ2v) is 2.71. The molecule has 0 aromatic heterocycles. The number of nitrogens with one attached hydrogen (secondary N) is 1. The van der Waals surface area contributed by atoms with E-state index in [1.165, 1.54) is 0 Å². The van der Waals surface area contributed by atoms with E-state index in [0.29, 0.717) is 13.1 Å². The number of nitrogens with two attached hydrogens (primary N) is 1. The summed E-state index contributed by atoms with van der Waals surface area (Å²) in [6.07, 6.45) is -0.0974. The number of carboxylic acids is 2. The Morgan fingerprint density at radius 2 is 1.92 bits per heavy atom. The summed E-state index contributed by atoms with van der Waals surface area (Å²) in [6, 6.07) is -0.466. The van der Waals surface area contributed by atoms with E-state index in [-0.39, 0.29) is 12.8 Å². The molecular formula is C7H14N2O4. The van der Waals surface area contributed by atoms with Crippen LogP contribution in [0.3, 0.4) is 0 Å². The van der Waals surface area contributed by atoms with Crippen LogP contribution in [0.1, 0.15) is 12.8 Å². The average molecular weight is 190 g/mol. The van der Waals surface area contributed by atoms with Crippen LogP contribution < -0.4 is 11.1 Å². The van der Waals surface area contributed by atoms with Gasteiger partial charge in [0.25, 0.3) is 0 Å². The van der Waals surface area contributed by atoms with Gasteiger partial charge in [0.05, 0.1) is 12.8 Å². The van der Waals surface area contributed by atoms with Crippen molar-refractivity contribution in [3.63, 3.8) is 0 Å². The molecule has 0 bridgehead atoms. The number of rotatable bonds is 7. The highest BCUT2D eigenvalue weighted by Gasteiger charge is 2.07. The van der Waals surface area contributed by atoms with Crippen molar-refractivity contribution in [2.75, 3.05) is 13.1 Å². The average Bonchev–Trinajstić information content (AvgIpc) is 1.96. The van der Waals surface area contributed by atoms with Crippen LogP contribution in [0.5, 0.6) is 0 Å². The highest BCUT2D eigenvalue weighted by atomic mass is 16.4. The molecule has 1 atom stereocenters. The van der Waals surface area contributed by atoms with Crippen molar-refractivity contribution in [1.82, 2.24) is 5.32 Å². The maximum Gasteiger partial charge on any atom is 0.304 e. The Hall–Kier alpha value is -1.14. The Balaban J connectivity index is 3.31. The topological polar surface area (TPSA) is 113 Å². The molecule has 0 amide bonds. The first-order valence-electron chi connectivity index (χ1n) is 3.92. The third-order valence-electron chi connectivity index (χ3n) is 1.36. The fourth-order valence-corrected chi connectivity index (χ4v) is 0.779. The molecule has 0 aliphatic rings. The normalized spacial score (nSPS) is 12.4. The molecule has 0 radical (unpaired) electrons. The van der Waals surface area contributed by atoms with Crippen molar-refractivity contribution in [2.24, 2.45) is 5.73 Å². The molecule has 0 aliphatic carbocycles. The summed E-state index contributed by atoms with van der Waals surface area (Å²) in [5, 5.41) is 19.3. The van der Waals surface area contributed by atoms with Crippen molar-refractivity contribution < 1.29 is 19.8 Å². The molecule has 0 aromatic rings. The molecule has 6 heteroatoms. The quantitative estimate of drug-likeness (QED) is 0.377. The highest BCUT2D eigenvalue weighted by molar-refractivity contribution is 5.67. The second-order valence-electron chi connectivity index (χ2n) is 2.71. The summed E-state index contributed by atoms with van der Waals surface area (Å²) in [5.74, 6) is -1.84. The van der Waals surface area contributed by atoms with Crippen LogP contribution in [-0.4, -0.2) is 41.3 Å². The van der Waals surface area contributed by atoms with Gasteiger partial charge in [0.2, 0.25) is 0 Å². The summed E-state index contributed by atoms with van der Waals surface area (Å²) in [6.45, 7) is 0.627. The lowest BCUT2D eigenvalue weighted by molar-refractivity contribution is -0.138. The first-order valence-corrected chi connectivity index (χ1v) is 3.92. The number of carbonyl (C=O) groups is 2. The minimum atomic E-state index is -0.951. The van der Waals surface area contributed by atoms with Crippen molar-refractivity contribution >= 4 is 11.9 Å². The Morgan fingerprint density at radius 3 is 2.38 bits per heavy atom. The van der Waals surface area contributed by atoms with Gasteiger partial charge < -0.3 is 21.3 Å². The molecule has 0 heterocycles. The van der Waals surface area contributed by atoms with Gasteiger partial charge in [-0.1, -0.05) is 0 Å². The molecule has 0 saturated heterocycles. The predicted molar refractivity (Wildman–Crippen MR) is 45.4 cm³/mol. The monoisotopic (exact) mass is 190 g/mol.